The van der Waals surface area contributed by atoms with E-state index >= 15 is 0 Å². The van der Waals surface area contributed by atoms with Crippen molar-refractivity contribution in [2.45, 2.75) is 53.5 Å². The summed E-state index contributed by atoms with van der Waals surface area (Å²) in [5.41, 5.74) is 5.78. The topological polar surface area (TPSA) is 42.7 Å². The van der Waals surface area contributed by atoms with E-state index in [-0.39, 0.29) is 0 Å². The van der Waals surface area contributed by atoms with Crippen molar-refractivity contribution in [1.29, 1.82) is 0 Å². The van der Waals surface area contributed by atoms with Crippen LogP contribution in [0.15, 0.2) is 18.3 Å². The molecule has 2 rings (SSSR count). The lowest BCUT2D eigenvalue weighted by Crippen LogP contribution is -2.21. The van der Waals surface area contributed by atoms with E-state index in [1.54, 1.807) is 0 Å². The van der Waals surface area contributed by atoms with Gasteiger partial charge < -0.3 is 5.32 Å². The third kappa shape index (κ3) is 3.16. The normalized spacial score (nSPS) is 12.6. The number of hydrogen-bond donors (Lipinski definition) is 1. The Balaban J connectivity index is 2.31. The van der Waals surface area contributed by atoms with Gasteiger partial charge >= 0.3 is 0 Å². The van der Waals surface area contributed by atoms with Gasteiger partial charge in [-0.05, 0) is 50.9 Å². The zero-order valence-corrected chi connectivity index (χ0v) is 13.8. The summed E-state index contributed by atoms with van der Waals surface area (Å²) in [7, 11) is 0. The SMILES string of the molecule is CCNC(CC)c1ccc(-n2nc(C)c(CC)c2C)cn1. The number of pyridine rings is 1. The van der Waals surface area contributed by atoms with Crippen LogP contribution in [-0.2, 0) is 6.42 Å². The fraction of sp³-hybridized carbons (Fsp3) is 0.529. The van der Waals surface area contributed by atoms with Crippen molar-refractivity contribution >= 4 is 0 Å². The van der Waals surface area contributed by atoms with Crippen molar-refractivity contribution in [2.75, 3.05) is 6.54 Å². The number of nitrogens with one attached hydrogen (secondary N) is 1. The predicted molar refractivity (Wildman–Crippen MR) is 86.9 cm³/mol. The van der Waals surface area contributed by atoms with Crippen LogP contribution in [0.2, 0.25) is 0 Å². The number of nitrogens with zero attached hydrogens (tertiary/aromatic N) is 3. The highest BCUT2D eigenvalue weighted by atomic mass is 15.3. The lowest BCUT2D eigenvalue weighted by Gasteiger charge is -2.15. The Kier molecular flexibility index (Phi) is 5.12. The van der Waals surface area contributed by atoms with Crippen LogP contribution in [0.1, 0.15) is 55.9 Å². The number of aryl methyl sites for hydroxylation is 1. The Labute approximate surface area is 127 Å². The maximum Gasteiger partial charge on any atom is 0.0832 e. The summed E-state index contributed by atoms with van der Waals surface area (Å²) >= 11 is 0. The van der Waals surface area contributed by atoms with Gasteiger partial charge in [0, 0.05) is 11.7 Å². The second kappa shape index (κ2) is 6.85. The summed E-state index contributed by atoms with van der Waals surface area (Å²) in [5.74, 6) is 0. The van der Waals surface area contributed by atoms with Crippen molar-refractivity contribution in [3.63, 3.8) is 0 Å². The fourth-order valence-corrected chi connectivity index (χ4v) is 2.87. The molecule has 0 saturated heterocycles. The molecule has 0 aliphatic carbocycles. The molecule has 2 aromatic heterocycles. The molecule has 21 heavy (non-hydrogen) atoms. The highest BCUT2D eigenvalue weighted by Gasteiger charge is 2.13. The summed E-state index contributed by atoms with van der Waals surface area (Å²) in [6.07, 6.45) is 3.98. The molecular formula is C17H26N4. The van der Waals surface area contributed by atoms with E-state index in [9.17, 15) is 0 Å². The van der Waals surface area contributed by atoms with Crippen LogP contribution < -0.4 is 5.32 Å². The van der Waals surface area contributed by atoms with Crippen molar-refractivity contribution in [3.8, 4) is 5.69 Å². The van der Waals surface area contributed by atoms with E-state index in [1.807, 2.05) is 10.9 Å². The van der Waals surface area contributed by atoms with Gasteiger partial charge in [-0.1, -0.05) is 20.8 Å². The van der Waals surface area contributed by atoms with Crippen LogP contribution >= 0.6 is 0 Å². The fourth-order valence-electron chi connectivity index (χ4n) is 2.87. The summed E-state index contributed by atoms with van der Waals surface area (Å²) < 4.78 is 2.00. The van der Waals surface area contributed by atoms with Gasteiger partial charge in [-0.25, -0.2) is 4.68 Å². The minimum atomic E-state index is 0.329. The smallest absolute Gasteiger partial charge is 0.0832 e. The number of hydrogen-bond acceptors (Lipinski definition) is 3. The van der Waals surface area contributed by atoms with Gasteiger partial charge in [0.2, 0.25) is 0 Å². The van der Waals surface area contributed by atoms with E-state index in [2.05, 4.69) is 62.2 Å². The minimum absolute atomic E-state index is 0.329. The van der Waals surface area contributed by atoms with E-state index in [0.29, 0.717) is 6.04 Å². The first kappa shape index (κ1) is 15.7. The highest BCUT2D eigenvalue weighted by molar-refractivity contribution is 5.36. The Morgan fingerprint density at radius 3 is 2.43 bits per heavy atom. The van der Waals surface area contributed by atoms with Crippen LogP contribution in [0, 0.1) is 13.8 Å². The van der Waals surface area contributed by atoms with Gasteiger partial charge in [0.25, 0.3) is 0 Å². The molecule has 0 bridgehead atoms. The van der Waals surface area contributed by atoms with Crippen molar-refractivity contribution in [1.82, 2.24) is 20.1 Å². The average molecular weight is 286 g/mol. The second-order valence-corrected chi connectivity index (χ2v) is 5.37. The van der Waals surface area contributed by atoms with Gasteiger partial charge in [0.1, 0.15) is 0 Å². The molecule has 0 amide bonds. The maximum atomic E-state index is 4.64. The second-order valence-electron chi connectivity index (χ2n) is 5.37. The van der Waals surface area contributed by atoms with E-state index in [1.165, 1.54) is 11.3 Å². The molecule has 0 radical (unpaired) electrons. The predicted octanol–water partition coefficient (Wildman–Crippen LogP) is 3.51. The molecular weight excluding hydrogens is 260 g/mol. The molecule has 0 aliphatic heterocycles. The van der Waals surface area contributed by atoms with Gasteiger partial charge in [0.05, 0.1) is 23.3 Å². The molecule has 4 nitrogen and oxygen atoms in total. The highest BCUT2D eigenvalue weighted by Crippen LogP contribution is 2.20. The first-order chi connectivity index (χ1) is 10.1. The molecule has 0 fully saturated rings. The standard InChI is InChI=1S/C17H26N4/c1-6-15-12(4)20-21(13(15)5)14-9-10-17(19-11-14)16(7-2)18-8-3/h9-11,16,18H,6-8H2,1-5H3. The van der Waals surface area contributed by atoms with Crippen molar-refractivity contribution in [3.05, 3.63) is 41.0 Å². The zero-order valence-electron chi connectivity index (χ0n) is 13.8. The van der Waals surface area contributed by atoms with Crippen LogP contribution in [0.5, 0.6) is 0 Å². The maximum absolute atomic E-state index is 4.64. The molecule has 0 aliphatic rings. The molecule has 0 aromatic carbocycles. The molecule has 1 unspecified atom stereocenters. The lowest BCUT2D eigenvalue weighted by atomic mass is 10.1. The summed E-state index contributed by atoms with van der Waals surface area (Å²) in [6.45, 7) is 11.6. The largest absolute Gasteiger partial charge is 0.309 e. The van der Waals surface area contributed by atoms with Gasteiger partial charge in [0.15, 0.2) is 0 Å². The Hall–Kier alpha value is -1.68. The summed E-state index contributed by atoms with van der Waals surface area (Å²) in [5, 5.41) is 8.10. The van der Waals surface area contributed by atoms with Gasteiger partial charge in [-0.3, -0.25) is 4.98 Å². The number of aromatic nitrogens is 3. The Morgan fingerprint density at radius 1 is 1.19 bits per heavy atom. The summed E-state index contributed by atoms with van der Waals surface area (Å²) in [4.78, 5) is 4.63. The zero-order chi connectivity index (χ0) is 15.4. The summed E-state index contributed by atoms with van der Waals surface area (Å²) in [6, 6.07) is 4.55. The lowest BCUT2D eigenvalue weighted by molar-refractivity contribution is 0.524. The van der Waals surface area contributed by atoms with E-state index in [4.69, 9.17) is 0 Å². The van der Waals surface area contributed by atoms with Crippen LogP contribution in [0.4, 0.5) is 0 Å². The van der Waals surface area contributed by atoms with E-state index in [0.717, 1.165) is 36.5 Å². The monoisotopic (exact) mass is 286 g/mol. The Bertz CT molecular complexity index is 584. The molecule has 114 valence electrons. The van der Waals surface area contributed by atoms with Gasteiger partial charge in [-0.15, -0.1) is 0 Å². The molecule has 0 saturated carbocycles. The molecule has 4 heteroatoms. The third-order valence-electron chi connectivity index (χ3n) is 4.03. The van der Waals surface area contributed by atoms with Crippen LogP contribution in [0.25, 0.3) is 5.69 Å². The minimum Gasteiger partial charge on any atom is -0.309 e. The average Bonchev–Trinajstić information content (AvgIpc) is 2.79. The molecule has 2 heterocycles. The molecule has 0 spiro atoms. The van der Waals surface area contributed by atoms with Crippen LogP contribution in [0.3, 0.4) is 0 Å². The van der Waals surface area contributed by atoms with E-state index < -0.39 is 0 Å². The molecule has 2 aromatic rings. The first-order valence-corrected chi connectivity index (χ1v) is 7.87. The third-order valence-corrected chi connectivity index (χ3v) is 4.03. The van der Waals surface area contributed by atoms with Crippen molar-refractivity contribution < 1.29 is 0 Å². The first-order valence-electron chi connectivity index (χ1n) is 7.87. The molecule has 1 N–H and O–H groups in total. The van der Waals surface area contributed by atoms with Gasteiger partial charge in [-0.2, -0.15) is 5.10 Å². The van der Waals surface area contributed by atoms with Crippen LogP contribution in [-0.4, -0.2) is 21.3 Å². The quantitative estimate of drug-likeness (QED) is 0.883. The number of rotatable bonds is 6. The van der Waals surface area contributed by atoms with Crippen molar-refractivity contribution in [2.24, 2.45) is 0 Å². The Morgan fingerprint density at radius 2 is 1.95 bits per heavy atom. The molecule has 1 atom stereocenters.